The van der Waals surface area contributed by atoms with Gasteiger partial charge in [0.25, 0.3) is 0 Å². The maximum absolute atomic E-state index is 12.0. The molecule has 0 radical (unpaired) electrons. The van der Waals surface area contributed by atoms with Crippen molar-refractivity contribution in [2.45, 2.75) is 19.4 Å². The molecule has 1 aliphatic rings. The number of benzene rings is 3. The summed E-state index contributed by atoms with van der Waals surface area (Å²) in [5.74, 6) is 1.29. The van der Waals surface area contributed by atoms with Crippen molar-refractivity contribution in [3.05, 3.63) is 88.4 Å². The largest absolute Gasteiger partial charge is 0.456 e. The van der Waals surface area contributed by atoms with E-state index in [2.05, 4.69) is 18.7 Å². The van der Waals surface area contributed by atoms with Crippen LogP contribution in [-0.4, -0.2) is 18.2 Å². The first-order chi connectivity index (χ1) is 13.1. The number of halogens is 1. The van der Waals surface area contributed by atoms with Gasteiger partial charge in [0.1, 0.15) is 17.1 Å². The standard InChI is InChI=1S/C23H22ClNO2/c1-3-25(4-2)18-11-12-19-22(15-18)27-21-13-10-17(24)14-20(21)23(19,26)16-8-6-5-7-9-16/h5-15,26H,3-4H2,1-2H3. The molecule has 4 rings (SSSR count). The Hall–Kier alpha value is -2.49. The van der Waals surface area contributed by atoms with Gasteiger partial charge in [-0.2, -0.15) is 0 Å². The molecular weight excluding hydrogens is 358 g/mol. The monoisotopic (exact) mass is 379 g/mol. The van der Waals surface area contributed by atoms with E-state index < -0.39 is 5.60 Å². The first-order valence-electron chi connectivity index (χ1n) is 9.23. The lowest BCUT2D eigenvalue weighted by molar-refractivity contribution is 0.112. The van der Waals surface area contributed by atoms with Crippen LogP contribution in [0.2, 0.25) is 5.02 Å². The van der Waals surface area contributed by atoms with Gasteiger partial charge in [-0.25, -0.2) is 0 Å². The van der Waals surface area contributed by atoms with Gasteiger partial charge in [0.05, 0.1) is 0 Å². The van der Waals surface area contributed by atoms with Crippen LogP contribution in [-0.2, 0) is 5.60 Å². The first-order valence-corrected chi connectivity index (χ1v) is 9.61. The van der Waals surface area contributed by atoms with E-state index >= 15 is 0 Å². The van der Waals surface area contributed by atoms with E-state index in [0.717, 1.165) is 29.9 Å². The number of hydrogen-bond acceptors (Lipinski definition) is 3. The van der Waals surface area contributed by atoms with Crippen LogP contribution in [0.1, 0.15) is 30.5 Å². The minimum atomic E-state index is -1.32. The lowest BCUT2D eigenvalue weighted by Crippen LogP contribution is -2.32. The smallest absolute Gasteiger partial charge is 0.147 e. The highest BCUT2D eigenvalue weighted by Crippen LogP contribution is 2.51. The van der Waals surface area contributed by atoms with E-state index in [4.69, 9.17) is 16.3 Å². The molecule has 4 heteroatoms. The van der Waals surface area contributed by atoms with Crippen LogP contribution in [0.4, 0.5) is 5.69 Å². The highest BCUT2D eigenvalue weighted by molar-refractivity contribution is 6.30. The maximum atomic E-state index is 12.0. The second kappa shape index (κ2) is 6.91. The molecule has 1 heterocycles. The molecule has 0 aliphatic carbocycles. The Kier molecular flexibility index (Phi) is 4.58. The molecule has 1 atom stereocenters. The van der Waals surface area contributed by atoms with Crippen molar-refractivity contribution < 1.29 is 9.84 Å². The quantitative estimate of drug-likeness (QED) is 0.642. The number of aliphatic hydroxyl groups is 1. The number of anilines is 1. The molecule has 0 saturated carbocycles. The number of hydrogen-bond donors (Lipinski definition) is 1. The molecule has 0 fully saturated rings. The SMILES string of the molecule is CCN(CC)c1ccc2c(c1)Oc1ccc(Cl)cc1C2(O)c1ccccc1. The molecule has 1 aliphatic heterocycles. The molecule has 27 heavy (non-hydrogen) atoms. The fourth-order valence-corrected chi connectivity index (χ4v) is 3.98. The van der Waals surface area contributed by atoms with Crippen LogP contribution in [0.15, 0.2) is 66.7 Å². The molecule has 3 aromatic rings. The summed E-state index contributed by atoms with van der Waals surface area (Å²) in [6.07, 6.45) is 0. The van der Waals surface area contributed by atoms with Crippen LogP contribution in [0.25, 0.3) is 0 Å². The summed E-state index contributed by atoms with van der Waals surface area (Å²) < 4.78 is 6.18. The average Bonchev–Trinajstić information content (AvgIpc) is 2.70. The van der Waals surface area contributed by atoms with Crippen LogP contribution >= 0.6 is 11.6 Å². The lowest BCUT2D eigenvalue weighted by atomic mass is 9.78. The zero-order chi connectivity index (χ0) is 19.0. The van der Waals surface area contributed by atoms with Gasteiger partial charge in [-0.1, -0.05) is 41.9 Å². The number of ether oxygens (including phenoxy) is 1. The minimum Gasteiger partial charge on any atom is -0.456 e. The van der Waals surface area contributed by atoms with E-state index in [0.29, 0.717) is 22.1 Å². The third-order valence-corrected chi connectivity index (χ3v) is 5.46. The van der Waals surface area contributed by atoms with Gasteiger partial charge in [-0.15, -0.1) is 0 Å². The van der Waals surface area contributed by atoms with Crippen molar-refractivity contribution in [1.82, 2.24) is 0 Å². The summed E-state index contributed by atoms with van der Waals surface area (Å²) in [4.78, 5) is 2.25. The van der Waals surface area contributed by atoms with Gasteiger partial charge in [0.2, 0.25) is 0 Å². The first kappa shape index (κ1) is 17.9. The summed E-state index contributed by atoms with van der Waals surface area (Å²) in [7, 11) is 0. The Morgan fingerprint density at radius 1 is 0.889 bits per heavy atom. The minimum absolute atomic E-state index is 0.565. The summed E-state index contributed by atoms with van der Waals surface area (Å²) in [5, 5.41) is 12.5. The zero-order valence-electron chi connectivity index (χ0n) is 15.4. The van der Waals surface area contributed by atoms with Gasteiger partial charge < -0.3 is 14.7 Å². The molecular formula is C23H22ClNO2. The maximum Gasteiger partial charge on any atom is 0.147 e. The van der Waals surface area contributed by atoms with Crippen LogP contribution in [0, 0.1) is 0 Å². The highest BCUT2D eigenvalue weighted by atomic mass is 35.5. The fraction of sp³-hybridized carbons (Fsp3) is 0.217. The molecule has 0 spiro atoms. The Bertz CT molecular complexity index is 969. The molecule has 1 unspecified atom stereocenters. The van der Waals surface area contributed by atoms with Gasteiger partial charge in [-0.3, -0.25) is 0 Å². The van der Waals surface area contributed by atoms with Crippen molar-refractivity contribution >= 4 is 17.3 Å². The van der Waals surface area contributed by atoms with E-state index in [1.165, 1.54) is 0 Å². The number of nitrogens with zero attached hydrogens (tertiary/aromatic N) is 1. The molecule has 3 nitrogen and oxygen atoms in total. The second-order valence-electron chi connectivity index (χ2n) is 6.67. The summed E-state index contributed by atoms with van der Waals surface area (Å²) in [5.41, 5.74) is 1.92. The number of fused-ring (bicyclic) bond motifs is 2. The molecule has 0 bridgehead atoms. The molecule has 0 amide bonds. The third-order valence-electron chi connectivity index (χ3n) is 5.23. The van der Waals surface area contributed by atoms with Crippen molar-refractivity contribution in [3.8, 4) is 11.5 Å². The highest BCUT2D eigenvalue weighted by Gasteiger charge is 2.42. The van der Waals surface area contributed by atoms with E-state index in [1.54, 1.807) is 12.1 Å². The average molecular weight is 380 g/mol. The Morgan fingerprint density at radius 3 is 2.33 bits per heavy atom. The Morgan fingerprint density at radius 2 is 1.63 bits per heavy atom. The second-order valence-corrected chi connectivity index (χ2v) is 7.11. The van der Waals surface area contributed by atoms with Gasteiger partial charge in [0, 0.05) is 41.0 Å². The Labute approximate surface area is 164 Å². The van der Waals surface area contributed by atoms with Crippen LogP contribution < -0.4 is 9.64 Å². The van der Waals surface area contributed by atoms with Crippen LogP contribution in [0.5, 0.6) is 11.5 Å². The fourth-order valence-electron chi connectivity index (χ4n) is 3.81. The third kappa shape index (κ3) is 2.88. The van der Waals surface area contributed by atoms with E-state index in [1.807, 2.05) is 54.6 Å². The molecule has 0 saturated heterocycles. The predicted molar refractivity (Wildman–Crippen MR) is 110 cm³/mol. The summed E-state index contributed by atoms with van der Waals surface area (Å²) in [6.45, 7) is 6.07. The topological polar surface area (TPSA) is 32.7 Å². The number of rotatable bonds is 4. The van der Waals surface area contributed by atoms with Gasteiger partial charge in [0.15, 0.2) is 0 Å². The molecule has 1 N–H and O–H groups in total. The van der Waals surface area contributed by atoms with E-state index in [-0.39, 0.29) is 0 Å². The van der Waals surface area contributed by atoms with Crippen molar-refractivity contribution in [3.63, 3.8) is 0 Å². The van der Waals surface area contributed by atoms with Gasteiger partial charge in [-0.05, 0) is 49.7 Å². The van der Waals surface area contributed by atoms with Crippen molar-refractivity contribution in [2.75, 3.05) is 18.0 Å². The van der Waals surface area contributed by atoms with Crippen molar-refractivity contribution in [1.29, 1.82) is 0 Å². The lowest BCUT2D eigenvalue weighted by Gasteiger charge is -2.37. The van der Waals surface area contributed by atoms with Crippen LogP contribution in [0.3, 0.4) is 0 Å². The van der Waals surface area contributed by atoms with Gasteiger partial charge >= 0.3 is 0 Å². The summed E-state index contributed by atoms with van der Waals surface area (Å²) >= 11 is 6.25. The Balaban J connectivity index is 1.95. The predicted octanol–water partition coefficient (Wildman–Crippen LogP) is 5.58. The van der Waals surface area contributed by atoms with Crippen molar-refractivity contribution in [2.24, 2.45) is 0 Å². The molecule has 138 valence electrons. The summed E-state index contributed by atoms with van der Waals surface area (Å²) in [6, 6.07) is 21.0. The molecule has 3 aromatic carbocycles. The zero-order valence-corrected chi connectivity index (χ0v) is 16.2. The molecule has 0 aromatic heterocycles. The normalized spacial score (nSPS) is 17.6. The van der Waals surface area contributed by atoms with E-state index in [9.17, 15) is 5.11 Å².